The predicted molar refractivity (Wildman–Crippen MR) is 301 cm³/mol. The fraction of sp³-hybridized carbons (Fsp3) is 0. The second-order valence-electron chi connectivity index (χ2n) is 20.0. The molecule has 2 aliphatic rings. The lowest BCUT2D eigenvalue weighted by atomic mass is 9.93. The number of aromatic nitrogens is 3. The van der Waals surface area contributed by atoms with Crippen molar-refractivity contribution in [2.75, 3.05) is 0 Å². The molecule has 0 aliphatic heterocycles. The number of nitrogens with one attached hydrogen (secondary N) is 2. The van der Waals surface area contributed by atoms with Crippen molar-refractivity contribution < 1.29 is 14.0 Å². The Labute approximate surface area is 421 Å². The van der Waals surface area contributed by atoms with E-state index in [2.05, 4.69) is 184 Å². The Hall–Kier alpha value is -10.0. The normalized spacial score (nSPS) is 12.9. The minimum atomic E-state index is 0.0262. The quantitative estimate of drug-likeness (QED) is 0.184. The van der Waals surface area contributed by atoms with Crippen molar-refractivity contribution in [3.63, 3.8) is 0 Å². The van der Waals surface area contributed by atoms with Crippen molar-refractivity contribution in [3.8, 4) is 61.3 Å². The van der Waals surface area contributed by atoms with Crippen LogP contribution in [0, 0.1) is 0 Å². The third kappa shape index (κ3) is 5.27. The van der Waals surface area contributed by atoms with Crippen LogP contribution in [0.1, 0.15) is 31.8 Å². The number of carbonyl (C=O) groups excluding carboxylic acids is 2. The fourth-order valence-electron chi connectivity index (χ4n) is 12.7. The van der Waals surface area contributed by atoms with Crippen LogP contribution in [0.3, 0.4) is 0 Å². The van der Waals surface area contributed by atoms with Gasteiger partial charge in [0.2, 0.25) is 0 Å². The van der Waals surface area contributed by atoms with Gasteiger partial charge in [-0.15, -0.1) is 0 Å². The Bertz CT molecular complexity index is 5060. The molecule has 0 bridgehead atoms. The summed E-state index contributed by atoms with van der Waals surface area (Å²) >= 11 is 0. The van der Waals surface area contributed by atoms with Crippen molar-refractivity contribution in [1.29, 1.82) is 0 Å². The summed E-state index contributed by atoms with van der Waals surface area (Å²) in [4.78, 5) is 35.8. The molecule has 17 rings (SSSR count). The maximum atomic E-state index is 14.6. The number of carbonyl (C=O) groups is 2. The van der Waals surface area contributed by atoms with Gasteiger partial charge in [0.25, 0.3) is 0 Å². The molecule has 2 N–H and O–H groups in total. The van der Waals surface area contributed by atoms with Gasteiger partial charge in [0.1, 0.15) is 11.2 Å². The molecule has 2 aliphatic carbocycles. The number of nitrogens with zero attached hydrogens (tertiary/aromatic N) is 1. The van der Waals surface area contributed by atoms with E-state index >= 15 is 0 Å². The molecule has 0 spiro atoms. The van der Waals surface area contributed by atoms with Crippen LogP contribution in [0.2, 0.25) is 0 Å². The molecular weight excluding hydrogens is 907 g/mol. The molecular formula is C68H37N3O3. The lowest BCUT2D eigenvalue weighted by Gasteiger charge is -2.10. The monoisotopic (exact) mass is 943 g/mol. The van der Waals surface area contributed by atoms with Gasteiger partial charge in [-0.3, -0.25) is 9.59 Å². The van der Waals surface area contributed by atoms with Gasteiger partial charge in [0.15, 0.2) is 11.6 Å². The summed E-state index contributed by atoms with van der Waals surface area (Å²) in [7, 11) is 0. The lowest BCUT2D eigenvalue weighted by molar-refractivity contribution is 0.103. The lowest BCUT2D eigenvalue weighted by Crippen LogP contribution is -1.96. The number of H-pyrrole nitrogens is 2. The largest absolute Gasteiger partial charge is 0.455 e. The molecule has 0 atom stereocenters. The molecule has 0 saturated carbocycles. The summed E-state index contributed by atoms with van der Waals surface area (Å²) in [6.07, 6.45) is 0. The molecule has 15 aromatic rings. The van der Waals surface area contributed by atoms with E-state index in [0.717, 1.165) is 144 Å². The van der Waals surface area contributed by atoms with Gasteiger partial charge in [-0.05, 0) is 129 Å². The second-order valence-corrected chi connectivity index (χ2v) is 20.0. The Kier molecular flexibility index (Phi) is 7.67. The van der Waals surface area contributed by atoms with E-state index in [1.807, 2.05) is 42.5 Å². The van der Waals surface area contributed by atoms with Crippen molar-refractivity contribution in [1.82, 2.24) is 14.5 Å². The van der Waals surface area contributed by atoms with Crippen LogP contribution in [0.25, 0.3) is 149 Å². The summed E-state index contributed by atoms with van der Waals surface area (Å²) in [6.45, 7) is 0. The summed E-state index contributed by atoms with van der Waals surface area (Å²) in [5.41, 5.74) is 21.7. The number of hydrogen-bond donors (Lipinski definition) is 2. The summed E-state index contributed by atoms with van der Waals surface area (Å²) in [6, 6.07) is 74.3. The summed E-state index contributed by atoms with van der Waals surface area (Å²) in [5, 5.41) is 8.64. The summed E-state index contributed by atoms with van der Waals surface area (Å²) < 4.78 is 9.06. The zero-order chi connectivity index (χ0) is 48.5. The van der Waals surface area contributed by atoms with E-state index in [1.165, 1.54) is 16.3 Å². The van der Waals surface area contributed by atoms with E-state index in [-0.39, 0.29) is 11.6 Å². The molecule has 0 saturated heterocycles. The summed E-state index contributed by atoms with van der Waals surface area (Å²) in [5.74, 6) is 0.0796. The van der Waals surface area contributed by atoms with Crippen LogP contribution in [0.4, 0.5) is 0 Å². The molecule has 0 amide bonds. The highest BCUT2D eigenvalue weighted by molar-refractivity contribution is 6.31. The maximum absolute atomic E-state index is 14.6. The Balaban J connectivity index is 0.781. The zero-order valence-electron chi connectivity index (χ0n) is 39.4. The third-order valence-electron chi connectivity index (χ3n) is 16.2. The molecule has 342 valence electrons. The molecule has 4 heterocycles. The van der Waals surface area contributed by atoms with E-state index in [1.54, 1.807) is 0 Å². The first-order chi connectivity index (χ1) is 36.5. The topological polar surface area (TPSA) is 83.8 Å². The Morgan fingerprint density at radius 2 is 0.851 bits per heavy atom. The minimum absolute atomic E-state index is 0.0262. The molecule has 6 heteroatoms. The first-order valence-corrected chi connectivity index (χ1v) is 25.1. The Morgan fingerprint density at radius 3 is 1.64 bits per heavy atom. The van der Waals surface area contributed by atoms with E-state index in [4.69, 9.17) is 4.42 Å². The minimum Gasteiger partial charge on any atom is -0.455 e. The van der Waals surface area contributed by atoms with Crippen molar-refractivity contribution in [2.45, 2.75) is 0 Å². The predicted octanol–water partition coefficient (Wildman–Crippen LogP) is 17.4. The SMILES string of the molecule is O=C1c2ccc(-c3cc(-c4ccc5[nH]c6c7c(ccc6c5c4)-c4ccccc4C7=O)c4oc5ccccc5c4c3)cc2-c2ccc3c([nH]c4ccc(-c5ccc6c7ccccc7n(-c7ccccc7)c6c5)cc43)c21. The van der Waals surface area contributed by atoms with Gasteiger partial charge in [0, 0.05) is 76.5 Å². The average Bonchev–Trinajstić information content (AvgIpc) is 4.30. The zero-order valence-corrected chi connectivity index (χ0v) is 39.4. The molecule has 4 aromatic heterocycles. The van der Waals surface area contributed by atoms with E-state index in [0.29, 0.717) is 11.1 Å². The highest BCUT2D eigenvalue weighted by Crippen LogP contribution is 2.48. The molecule has 0 radical (unpaired) electrons. The number of hydrogen-bond acceptors (Lipinski definition) is 3. The molecule has 6 nitrogen and oxygen atoms in total. The molecule has 0 unspecified atom stereocenters. The fourth-order valence-corrected chi connectivity index (χ4v) is 12.7. The smallest absolute Gasteiger partial charge is 0.196 e. The van der Waals surface area contributed by atoms with Crippen molar-refractivity contribution >= 4 is 98.9 Å². The third-order valence-corrected chi connectivity index (χ3v) is 16.2. The van der Waals surface area contributed by atoms with Gasteiger partial charge in [-0.2, -0.15) is 0 Å². The number of ketones is 2. The number of benzene rings is 11. The molecule has 11 aromatic carbocycles. The van der Waals surface area contributed by atoms with Crippen LogP contribution in [-0.4, -0.2) is 26.1 Å². The van der Waals surface area contributed by atoms with Gasteiger partial charge < -0.3 is 19.0 Å². The van der Waals surface area contributed by atoms with E-state index in [9.17, 15) is 9.59 Å². The van der Waals surface area contributed by atoms with Crippen molar-refractivity contribution in [3.05, 3.63) is 235 Å². The first kappa shape index (κ1) is 39.7. The highest BCUT2D eigenvalue weighted by Gasteiger charge is 2.32. The molecule has 0 fully saturated rings. The second kappa shape index (κ2) is 14.3. The number of para-hydroxylation sites is 3. The number of fused-ring (bicyclic) bond motifs is 20. The number of aromatic amines is 2. The average molecular weight is 944 g/mol. The highest BCUT2D eigenvalue weighted by atomic mass is 16.3. The van der Waals surface area contributed by atoms with Gasteiger partial charge in [-0.1, -0.05) is 133 Å². The van der Waals surface area contributed by atoms with Gasteiger partial charge in [-0.25, -0.2) is 0 Å². The maximum Gasteiger partial charge on any atom is 0.196 e. The van der Waals surface area contributed by atoms with Crippen LogP contribution in [0.5, 0.6) is 0 Å². The van der Waals surface area contributed by atoms with Crippen molar-refractivity contribution in [2.24, 2.45) is 0 Å². The van der Waals surface area contributed by atoms with Gasteiger partial charge >= 0.3 is 0 Å². The number of rotatable bonds is 4. The Morgan fingerprint density at radius 1 is 0.324 bits per heavy atom. The van der Waals surface area contributed by atoms with Crippen LogP contribution in [-0.2, 0) is 0 Å². The van der Waals surface area contributed by atoms with Crippen LogP contribution < -0.4 is 0 Å². The van der Waals surface area contributed by atoms with E-state index < -0.39 is 0 Å². The first-order valence-electron chi connectivity index (χ1n) is 25.1. The van der Waals surface area contributed by atoms with Crippen LogP contribution in [0.15, 0.2) is 217 Å². The van der Waals surface area contributed by atoms with Crippen LogP contribution >= 0.6 is 0 Å². The standard InChI is InChI=1S/C68H37N3O3/c72-66-50-15-5-4-12-42(50)46-24-26-49-55-32-39(21-29-58(55)70-64(49)62(46)66)52-33-40(34-56-45-14-7-9-17-61(45)74-68(52)56)37-19-23-51-53(30-37)47-25-27-48-54-31-36(20-28-57(54)69-65(48)63(47)67(51)73)38-18-22-44-43-13-6-8-16-59(43)71(60(44)35-38)41-10-2-1-3-11-41/h1-35,69-70H. The van der Waals surface area contributed by atoms with Gasteiger partial charge in [0.05, 0.1) is 33.2 Å². The molecule has 74 heavy (non-hydrogen) atoms. The number of furan rings is 1.